The zero-order chi connectivity index (χ0) is 19.2. The smallest absolute Gasteiger partial charge is 0.244 e. The number of hydrogen-bond acceptors (Lipinski definition) is 7. The second-order valence-corrected chi connectivity index (χ2v) is 6.37. The average Bonchev–Trinajstić information content (AvgIpc) is 3.16. The minimum atomic E-state index is -0.296. The summed E-state index contributed by atoms with van der Waals surface area (Å²) in [6, 6.07) is 15.1. The first kappa shape index (κ1) is 18.7. The van der Waals surface area contributed by atoms with Crippen LogP contribution >= 0.6 is 11.8 Å². The Labute approximate surface area is 160 Å². The number of nitrogens with zero attached hydrogens (tertiary/aromatic N) is 3. The molecule has 0 unspecified atom stereocenters. The molecule has 3 N–H and O–H groups in total. The third kappa shape index (κ3) is 4.21. The Morgan fingerprint density at radius 3 is 2.19 bits per heavy atom. The number of hydrogen-bond donors (Lipinski definition) is 2. The van der Waals surface area contributed by atoms with Crippen LogP contribution in [0, 0.1) is 0 Å². The number of methoxy groups -OCH3 is 2. The van der Waals surface area contributed by atoms with Crippen molar-refractivity contribution in [2.45, 2.75) is 5.16 Å². The molecule has 3 aromatic rings. The fourth-order valence-electron chi connectivity index (χ4n) is 2.43. The van der Waals surface area contributed by atoms with Gasteiger partial charge in [-0.25, -0.2) is 5.84 Å². The summed E-state index contributed by atoms with van der Waals surface area (Å²) in [5, 5.41) is 9.15. The Bertz CT molecular complexity index is 910. The van der Waals surface area contributed by atoms with Crippen LogP contribution in [0.1, 0.15) is 0 Å². The van der Waals surface area contributed by atoms with Crippen LogP contribution < -0.4 is 20.7 Å². The number of carbonyl (C=O) groups excluding carboxylic acids is 1. The van der Waals surface area contributed by atoms with E-state index in [0.717, 1.165) is 22.7 Å². The zero-order valence-electron chi connectivity index (χ0n) is 14.9. The monoisotopic (exact) mass is 385 g/mol. The molecular weight excluding hydrogens is 366 g/mol. The molecule has 0 bridgehead atoms. The lowest BCUT2D eigenvalue weighted by molar-refractivity contribution is -0.118. The number of nitrogens with one attached hydrogen (secondary N) is 1. The van der Waals surface area contributed by atoms with Crippen molar-refractivity contribution in [3.8, 4) is 28.6 Å². The quantitative estimate of drug-likeness (QED) is 0.277. The van der Waals surface area contributed by atoms with Crippen LogP contribution in [-0.4, -0.2) is 40.6 Å². The molecule has 1 aromatic heterocycles. The molecule has 1 heterocycles. The minimum Gasteiger partial charge on any atom is -0.497 e. The fourth-order valence-corrected chi connectivity index (χ4v) is 3.19. The lowest BCUT2D eigenvalue weighted by Gasteiger charge is -2.11. The third-order valence-electron chi connectivity index (χ3n) is 3.81. The summed E-state index contributed by atoms with van der Waals surface area (Å²) < 4.78 is 12.3. The average molecular weight is 385 g/mol. The van der Waals surface area contributed by atoms with Gasteiger partial charge in [-0.1, -0.05) is 11.8 Å². The van der Waals surface area contributed by atoms with Crippen LogP contribution in [0.2, 0.25) is 0 Å². The van der Waals surface area contributed by atoms with Gasteiger partial charge in [0.05, 0.1) is 20.0 Å². The SMILES string of the molecule is COc1ccc(-c2nnc(SCC(=O)NN)n2-c2ccc(OC)cc2)cc1. The topological polar surface area (TPSA) is 104 Å². The summed E-state index contributed by atoms with van der Waals surface area (Å²) in [6.45, 7) is 0. The molecule has 8 nitrogen and oxygen atoms in total. The summed E-state index contributed by atoms with van der Waals surface area (Å²) in [5.41, 5.74) is 3.83. The second-order valence-electron chi connectivity index (χ2n) is 5.42. The predicted octanol–water partition coefficient (Wildman–Crippen LogP) is 2.03. The molecule has 0 fully saturated rings. The van der Waals surface area contributed by atoms with E-state index in [1.54, 1.807) is 14.2 Å². The molecule has 2 aromatic carbocycles. The molecule has 0 aliphatic heterocycles. The van der Waals surface area contributed by atoms with E-state index in [1.165, 1.54) is 11.8 Å². The van der Waals surface area contributed by atoms with E-state index in [1.807, 2.05) is 53.1 Å². The van der Waals surface area contributed by atoms with Crippen molar-refractivity contribution in [2.24, 2.45) is 5.84 Å². The zero-order valence-corrected chi connectivity index (χ0v) is 15.7. The number of carbonyl (C=O) groups is 1. The van der Waals surface area contributed by atoms with E-state index in [-0.39, 0.29) is 11.7 Å². The fraction of sp³-hybridized carbons (Fsp3) is 0.167. The Morgan fingerprint density at radius 2 is 1.63 bits per heavy atom. The maximum absolute atomic E-state index is 11.5. The van der Waals surface area contributed by atoms with E-state index in [9.17, 15) is 4.79 Å². The van der Waals surface area contributed by atoms with Crippen molar-refractivity contribution in [1.29, 1.82) is 0 Å². The molecule has 0 aliphatic rings. The second kappa shape index (κ2) is 8.56. The highest BCUT2D eigenvalue weighted by Crippen LogP contribution is 2.29. The van der Waals surface area contributed by atoms with Crippen LogP contribution in [0.4, 0.5) is 0 Å². The molecule has 0 aliphatic carbocycles. The molecule has 27 heavy (non-hydrogen) atoms. The van der Waals surface area contributed by atoms with Gasteiger partial charge >= 0.3 is 0 Å². The number of ether oxygens (including phenoxy) is 2. The highest BCUT2D eigenvalue weighted by molar-refractivity contribution is 7.99. The van der Waals surface area contributed by atoms with E-state index in [0.29, 0.717) is 11.0 Å². The Balaban J connectivity index is 2.03. The van der Waals surface area contributed by atoms with Gasteiger partial charge in [0.1, 0.15) is 11.5 Å². The molecule has 0 radical (unpaired) electrons. The Morgan fingerprint density at radius 1 is 1.04 bits per heavy atom. The van der Waals surface area contributed by atoms with E-state index in [4.69, 9.17) is 15.3 Å². The van der Waals surface area contributed by atoms with Crippen LogP contribution in [0.25, 0.3) is 17.1 Å². The summed E-state index contributed by atoms with van der Waals surface area (Å²) in [4.78, 5) is 11.5. The molecule has 0 saturated carbocycles. The van der Waals surface area contributed by atoms with Gasteiger partial charge < -0.3 is 9.47 Å². The van der Waals surface area contributed by atoms with Crippen molar-refractivity contribution >= 4 is 17.7 Å². The molecule has 3 rings (SSSR count). The summed E-state index contributed by atoms with van der Waals surface area (Å²) in [5.74, 6) is 7.15. The van der Waals surface area contributed by atoms with Crippen molar-refractivity contribution in [2.75, 3.05) is 20.0 Å². The molecular formula is C18H19N5O3S. The number of aromatic nitrogens is 3. The highest BCUT2D eigenvalue weighted by Gasteiger charge is 2.17. The van der Waals surface area contributed by atoms with Crippen LogP contribution in [0.3, 0.4) is 0 Å². The Hall–Kier alpha value is -3.04. The molecule has 0 spiro atoms. The lowest BCUT2D eigenvalue weighted by atomic mass is 10.2. The van der Waals surface area contributed by atoms with Gasteiger partial charge in [0, 0.05) is 11.3 Å². The number of rotatable bonds is 7. The van der Waals surface area contributed by atoms with E-state index >= 15 is 0 Å². The summed E-state index contributed by atoms with van der Waals surface area (Å²) in [6.07, 6.45) is 0. The van der Waals surface area contributed by atoms with Crippen molar-refractivity contribution in [3.05, 3.63) is 48.5 Å². The summed E-state index contributed by atoms with van der Waals surface area (Å²) >= 11 is 1.25. The number of benzene rings is 2. The van der Waals surface area contributed by atoms with Crippen molar-refractivity contribution in [1.82, 2.24) is 20.2 Å². The minimum absolute atomic E-state index is 0.132. The van der Waals surface area contributed by atoms with Gasteiger partial charge in [-0.05, 0) is 48.5 Å². The maximum atomic E-state index is 11.5. The van der Waals surface area contributed by atoms with Crippen molar-refractivity contribution in [3.63, 3.8) is 0 Å². The third-order valence-corrected chi connectivity index (χ3v) is 4.73. The highest BCUT2D eigenvalue weighted by atomic mass is 32.2. The molecule has 0 atom stereocenters. The lowest BCUT2D eigenvalue weighted by Crippen LogP contribution is -2.31. The molecule has 140 valence electrons. The normalized spacial score (nSPS) is 10.5. The standard InChI is InChI=1S/C18H19N5O3S/c1-25-14-7-3-12(4-8-14)17-21-22-18(27-11-16(24)20-19)23(17)13-5-9-15(26-2)10-6-13/h3-10H,11,19H2,1-2H3,(H,20,24). The first-order chi connectivity index (χ1) is 13.2. The number of nitrogens with two attached hydrogens (primary N) is 1. The van der Waals surface area contributed by atoms with Gasteiger partial charge in [-0.2, -0.15) is 0 Å². The molecule has 9 heteroatoms. The van der Waals surface area contributed by atoms with Crippen LogP contribution in [0.5, 0.6) is 11.5 Å². The Kier molecular flexibility index (Phi) is 5.94. The van der Waals surface area contributed by atoms with Crippen LogP contribution in [0.15, 0.2) is 53.7 Å². The number of amides is 1. The number of thioether (sulfide) groups is 1. The maximum Gasteiger partial charge on any atom is 0.244 e. The number of hydrazine groups is 1. The van der Waals surface area contributed by atoms with Crippen LogP contribution in [-0.2, 0) is 4.79 Å². The first-order valence-electron chi connectivity index (χ1n) is 8.02. The van der Waals surface area contributed by atoms with Gasteiger partial charge in [-0.3, -0.25) is 14.8 Å². The predicted molar refractivity (Wildman–Crippen MR) is 103 cm³/mol. The first-order valence-corrected chi connectivity index (χ1v) is 9.01. The van der Waals surface area contributed by atoms with Gasteiger partial charge in [0.2, 0.25) is 5.91 Å². The van der Waals surface area contributed by atoms with Gasteiger partial charge in [-0.15, -0.1) is 10.2 Å². The van der Waals surface area contributed by atoms with Crippen molar-refractivity contribution < 1.29 is 14.3 Å². The van der Waals surface area contributed by atoms with Gasteiger partial charge in [0.25, 0.3) is 0 Å². The van der Waals surface area contributed by atoms with E-state index < -0.39 is 0 Å². The molecule has 0 saturated heterocycles. The van der Waals surface area contributed by atoms with Gasteiger partial charge in [0.15, 0.2) is 11.0 Å². The molecule has 1 amide bonds. The van der Waals surface area contributed by atoms with E-state index in [2.05, 4.69) is 15.6 Å². The summed E-state index contributed by atoms with van der Waals surface area (Å²) in [7, 11) is 3.23. The largest absolute Gasteiger partial charge is 0.497 e.